The van der Waals surface area contributed by atoms with Crippen LogP contribution in [0, 0.1) is 26.0 Å². The number of carbonyl (C=O) groups is 1. The summed E-state index contributed by atoms with van der Waals surface area (Å²) in [6, 6.07) is 11.1. The second-order valence-electron chi connectivity index (χ2n) is 7.10. The van der Waals surface area contributed by atoms with E-state index >= 15 is 0 Å². The van der Waals surface area contributed by atoms with Gasteiger partial charge in [0.1, 0.15) is 17.3 Å². The van der Waals surface area contributed by atoms with Crippen LogP contribution in [0.3, 0.4) is 0 Å². The number of hydrogen-bond donors (Lipinski definition) is 1. The summed E-state index contributed by atoms with van der Waals surface area (Å²) < 4.78 is 25.5. The highest BCUT2D eigenvalue weighted by atomic mass is 19.1. The first kappa shape index (κ1) is 23.7. The lowest BCUT2D eigenvalue weighted by atomic mass is 10.2. The Labute approximate surface area is 201 Å². The van der Waals surface area contributed by atoms with Crippen LogP contribution in [0.15, 0.2) is 73.2 Å². The number of benzene rings is 2. The highest BCUT2D eigenvalue weighted by molar-refractivity contribution is 6.03. The van der Waals surface area contributed by atoms with Crippen molar-refractivity contribution in [2.45, 2.75) is 6.73 Å². The maximum atomic E-state index is 13.5. The van der Waals surface area contributed by atoms with Crippen LogP contribution in [-0.4, -0.2) is 30.5 Å². The maximum absolute atomic E-state index is 13.5. The van der Waals surface area contributed by atoms with Gasteiger partial charge in [0.2, 0.25) is 5.75 Å². The van der Waals surface area contributed by atoms with E-state index in [1.807, 2.05) is 0 Å². The standard InChI is InChI=1S/C22H15FN6O7/c23-14-3-4-20(29(33)34)21(8-14)35-13-27-7-5-19(26-27)22(30)25-15-9-16(28(31)32)11-18(10-15)36-17-2-1-6-24-12-17/h1-12H,13H2,(H,25,30). The Kier molecular flexibility index (Phi) is 6.76. The van der Waals surface area contributed by atoms with Crippen LogP contribution in [0.1, 0.15) is 10.5 Å². The minimum atomic E-state index is -0.722. The molecule has 0 spiro atoms. The van der Waals surface area contributed by atoms with Gasteiger partial charge in [-0.2, -0.15) is 5.10 Å². The monoisotopic (exact) mass is 494 g/mol. The number of carbonyl (C=O) groups excluding carboxylic acids is 1. The van der Waals surface area contributed by atoms with Gasteiger partial charge in [0, 0.05) is 36.7 Å². The van der Waals surface area contributed by atoms with Gasteiger partial charge < -0.3 is 14.8 Å². The number of rotatable bonds is 9. The molecule has 36 heavy (non-hydrogen) atoms. The minimum absolute atomic E-state index is 0.0754. The molecule has 2 aromatic heterocycles. The number of nitro benzene ring substituents is 2. The molecule has 0 aliphatic heterocycles. The lowest BCUT2D eigenvalue weighted by molar-refractivity contribution is -0.386. The van der Waals surface area contributed by atoms with Crippen LogP contribution in [0.2, 0.25) is 0 Å². The van der Waals surface area contributed by atoms with Gasteiger partial charge in [-0.25, -0.2) is 9.07 Å². The molecule has 2 heterocycles. The Morgan fingerprint density at radius 2 is 1.89 bits per heavy atom. The molecule has 0 aliphatic carbocycles. The number of amides is 1. The average molecular weight is 494 g/mol. The summed E-state index contributed by atoms with van der Waals surface area (Å²) >= 11 is 0. The van der Waals surface area contributed by atoms with Crippen molar-refractivity contribution in [3.05, 3.63) is 105 Å². The summed E-state index contributed by atoms with van der Waals surface area (Å²) in [4.78, 5) is 37.6. The number of nitrogens with zero attached hydrogens (tertiary/aromatic N) is 5. The SMILES string of the molecule is O=C(Nc1cc(Oc2cccnc2)cc([N+](=O)[O-])c1)c1ccn(COc2cc(F)ccc2[N+](=O)[O-])n1. The molecule has 1 N–H and O–H groups in total. The summed E-state index contributed by atoms with van der Waals surface area (Å²) in [6.45, 7) is -0.350. The van der Waals surface area contributed by atoms with Gasteiger partial charge in [-0.1, -0.05) is 0 Å². The van der Waals surface area contributed by atoms with E-state index in [-0.39, 0.29) is 35.3 Å². The number of ether oxygens (including phenoxy) is 2. The zero-order valence-electron chi connectivity index (χ0n) is 18.1. The van der Waals surface area contributed by atoms with Crippen LogP contribution in [0.4, 0.5) is 21.5 Å². The van der Waals surface area contributed by atoms with Crippen LogP contribution < -0.4 is 14.8 Å². The van der Waals surface area contributed by atoms with Crippen molar-refractivity contribution >= 4 is 23.0 Å². The van der Waals surface area contributed by atoms with Gasteiger partial charge in [0.15, 0.2) is 12.4 Å². The van der Waals surface area contributed by atoms with Crippen LogP contribution in [0.5, 0.6) is 17.2 Å². The largest absolute Gasteiger partial charge is 0.464 e. The Hall–Kier alpha value is -5.40. The fourth-order valence-corrected chi connectivity index (χ4v) is 3.00. The van der Waals surface area contributed by atoms with Crippen LogP contribution in [-0.2, 0) is 6.73 Å². The fourth-order valence-electron chi connectivity index (χ4n) is 3.00. The summed E-state index contributed by atoms with van der Waals surface area (Å²) in [5.74, 6) is -1.28. The van der Waals surface area contributed by atoms with Crippen molar-refractivity contribution in [2.75, 3.05) is 5.32 Å². The van der Waals surface area contributed by atoms with Crippen molar-refractivity contribution in [1.82, 2.24) is 14.8 Å². The predicted octanol–water partition coefficient (Wildman–Crippen LogP) is 4.31. The molecule has 0 saturated carbocycles. The van der Waals surface area contributed by atoms with Crippen molar-refractivity contribution in [2.24, 2.45) is 0 Å². The normalized spacial score (nSPS) is 10.5. The third kappa shape index (κ3) is 5.74. The van der Waals surface area contributed by atoms with E-state index in [1.54, 1.807) is 12.1 Å². The van der Waals surface area contributed by atoms with Gasteiger partial charge in [-0.3, -0.25) is 30.0 Å². The molecule has 0 aliphatic rings. The number of pyridine rings is 1. The minimum Gasteiger partial charge on any atom is -0.464 e. The molecule has 0 atom stereocenters. The molecule has 4 aromatic rings. The number of hydrogen-bond acceptors (Lipinski definition) is 9. The number of anilines is 1. The highest BCUT2D eigenvalue weighted by Gasteiger charge is 2.18. The van der Waals surface area contributed by atoms with Crippen molar-refractivity contribution in [3.63, 3.8) is 0 Å². The average Bonchev–Trinajstić information content (AvgIpc) is 3.32. The Morgan fingerprint density at radius 3 is 2.61 bits per heavy atom. The molecule has 13 nitrogen and oxygen atoms in total. The first-order chi connectivity index (χ1) is 17.3. The van der Waals surface area contributed by atoms with Crippen LogP contribution in [0.25, 0.3) is 0 Å². The summed E-state index contributed by atoms with van der Waals surface area (Å²) in [6.07, 6.45) is 4.32. The Bertz CT molecular complexity index is 1440. The Morgan fingerprint density at radius 1 is 1.06 bits per heavy atom. The van der Waals surface area contributed by atoms with Gasteiger partial charge in [0.25, 0.3) is 11.6 Å². The third-order valence-corrected chi connectivity index (χ3v) is 4.57. The second kappa shape index (κ2) is 10.3. The molecule has 1 amide bonds. The van der Waals surface area contributed by atoms with E-state index in [0.717, 1.165) is 28.9 Å². The van der Waals surface area contributed by atoms with E-state index in [9.17, 15) is 29.4 Å². The van der Waals surface area contributed by atoms with E-state index in [4.69, 9.17) is 9.47 Å². The highest BCUT2D eigenvalue weighted by Crippen LogP contribution is 2.30. The van der Waals surface area contributed by atoms with Gasteiger partial charge >= 0.3 is 5.69 Å². The van der Waals surface area contributed by atoms with Crippen molar-refractivity contribution in [1.29, 1.82) is 0 Å². The molecule has 0 unspecified atom stereocenters. The molecule has 14 heteroatoms. The smallest absolute Gasteiger partial charge is 0.311 e. The second-order valence-corrected chi connectivity index (χ2v) is 7.10. The van der Waals surface area contributed by atoms with E-state index in [0.29, 0.717) is 5.75 Å². The van der Waals surface area contributed by atoms with E-state index in [1.165, 1.54) is 36.8 Å². The number of halogens is 1. The summed E-state index contributed by atoms with van der Waals surface area (Å²) in [7, 11) is 0. The molecule has 0 saturated heterocycles. The summed E-state index contributed by atoms with van der Waals surface area (Å²) in [5, 5.41) is 28.9. The number of aromatic nitrogens is 3. The molecule has 2 aromatic carbocycles. The topological polar surface area (TPSA) is 165 Å². The molecular weight excluding hydrogens is 479 g/mol. The number of non-ortho nitro benzene ring substituents is 1. The Balaban J connectivity index is 1.47. The first-order valence-corrected chi connectivity index (χ1v) is 10.1. The van der Waals surface area contributed by atoms with Crippen molar-refractivity contribution in [3.8, 4) is 17.2 Å². The number of nitro groups is 2. The zero-order valence-corrected chi connectivity index (χ0v) is 18.1. The quantitative estimate of drug-likeness (QED) is 0.263. The fraction of sp³-hybridized carbons (Fsp3) is 0.0455. The van der Waals surface area contributed by atoms with E-state index < -0.39 is 27.3 Å². The van der Waals surface area contributed by atoms with Gasteiger partial charge in [-0.15, -0.1) is 0 Å². The molecule has 4 rings (SSSR count). The third-order valence-electron chi connectivity index (χ3n) is 4.57. The first-order valence-electron chi connectivity index (χ1n) is 10.1. The van der Waals surface area contributed by atoms with Crippen molar-refractivity contribution < 1.29 is 28.5 Å². The zero-order chi connectivity index (χ0) is 25.7. The lowest BCUT2D eigenvalue weighted by Gasteiger charge is -2.09. The van der Waals surface area contributed by atoms with E-state index in [2.05, 4.69) is 15.4 Å². The van der Waals surface area contributed by atoms with Crippen LogP contribution >= 0.6 is 0 Å². The number of nitrogens with one attached hydrogen (secondary N) is 1. The summed E-state index contributed by atoms with van der Waals surface area (Å²) in [5.41, 5.74) is -0.748. The molecular formula is C22H15FN6O7. The van der Waals surface area contributed by atoms with Gasteiger partial charge in [-0.05, 0) is 24.3 Å². The lowest BCUT2D eigenvalue weighted by Crippen LogP contribution is -2.14. The molecule has 0 radical (unpaired) electrons. The van der Waals surface area contributed by atoms with Gasteiger partial charge in [0.05, 0.1) is 27.8 Å². The molecule has 0 bridgehead atoms. The molecule has 0 fully saturated rings. The molecule has 182 valence electrons. The predicted molar refractivity (Wildman–Crippen MR) is 121 cm³/mol. The maximum Gasteiger partial charge on any atom is 0.311 e.